The lowest BCUT2D eigenvalue weighted by Gasteiger charge is -2.28. The molecule has 3 aromatic rings. The molecular weight excluding hydrogens is 330 g/mol. The zero-order valence-corrected chi connectivity index (χ0v) is 14.7. The Kier molecular flexibility index (Phi) is 4.65. The number of benzene rings is 1. The Morgan fingerprint density at radius 2 is 2.04 bits per heavy atom. The largest absolute Gasteiger partial charge is 0.467 e. The van der Waals surface area contributed by atoms with Crippen molar-refractivity contribution in [2.75, 3.05) is 6.54 Å². The summed E-state index contributed by atoms with van der Waals surface area (Å²) < 4.78 is 7.23. The number of aromatic nitrogens is 2. The van der Waals surface area contributed by atoms with Gasteiger partial charge in [-0.25, -0.2) is 4.79 Å². The summed E-state index contributed by atoms with van der Waals surface area (Å²) in [5.74, 6) is 0.926. The molecule has 0 bridgehead atoms. The number of carbonyl (C=O) groups is 1. The van der Waals surface area contributed by atoms with E-state index in [1.807, 2.05) is 41.3 Å². The summed E-state index contributed by atoms with van der Waals surface area (Å²) in [4.78, 5) is 29.9. The van der Waals surface area contributed by atoms with Gasteiger partial charge in [0.25, 0.3) is 0 Å². The lowest BCUT2D eigenvalue weighted by Crippen LogP contribution is -2.35. The molecule has 0 saturated carbocycles. The molecule has 136 valence electrons. The Labute approximate surface area is 151 Å². The molecule has 1 amide bonds. The smallest absolute Gasteiger partial charge is 0.326 e. The molecule has 4 rings (SSSR count). The van der Waals surface area contributed by atoms with Crippen molar-refractivity contribution in [3.8, 4) is 0 Å². The van der Waals surface area contributed by atoms with Crippen LogP contribution in [0.1, 0.15) is 43.9 Å². The molecule has 1 atom stereocenters. The molecule has 1 aliphatic heterocycles. The SMILES string of the molecule is O=C(CCn1c(=O)[nH]c2ccccc21)N1CCCCC[C@@H]1c1ccco1. The molecule has 26 heavy (non-hydrogen) atoms. The van der Waals surface area contributed by atoms with Gasteiger partial charge in [-0.3, -0.25) is 9.36 Å². The number of aromatic amines is 1. The van der Waals surface area contributed by atoms with Gasteiger partial charge in [-0.05, 0) is 37.1 Å². The Morgan fingerprint density at radius 3 is 2.88 bits per heavy atom. The summed E-state index contributed by atoms with van der Waals surface area (Å²) in [5, 5.41) is 0. The highest BCUT2D eigenvalue weighted by atomic mass is 16.3. The molecule has 1 aliphatic rings. The van der Waals surface area contributed by atoms with E-state index >= 15 is 0 Å². The number of likely N-dealkylation sites (tertiary alicyclic amines) is 1. The van der Waals surface area contributed by atoms with Gasteiger partial charge in [-0.15, -0.1) is 0 Å². The number of hydrogen-bond acceptors (Lipinski definition) is 3. The first kappa shape index (κ1) is 16.7. The fraction of sp³-hybridized carbons (Fsp3) is 0.400. The maximum absolute atomic E-state index is 13.0. The van der Waals surface area contributed by atoms with E-state index < -0.39 is 0 Å². The lowest BCUT2D eigenvalue weighted by molar-refractivity contribution is -0.134. The number of carbonyl (C=O) groups excluding carboxylic acids is 1. The van der Waals surface area contributed by atoms with Crippen molar-refractivity contribution >= 4 is 16.9 Å². The molecule has 1 fully saturated rings. The molecule has 6 nitrogen and oxygen atoms in total. The van der Waals surface area contributed by atoms with E-state index in [1.54, 1.807) is 10.8 Å². The quantitative estimate of drug-likeness (QED) is 0.781. The molecule has 1 saturated heterocycles. The number of fused-ring (bicyclic) bond motifs is 1. The van der Waals surface area contributed by atoms with Crippen LogP contribution in [0.15, 0.2) is 51.9 Å². The highest BCUT2D eigenvalue weighted by molar-refractivity contribution is 5.78. The number of hydrogen-bond donors (Lipinski definition) is 1. The summed E-state index contributed by atoms with van der Waals surface area (Å²) in [6, 6.07) is 11.4. The average molecular weight is 353 g/mol. The first-order valence-corrected chi connectivity index (χ1v) is 9.24. The van der Waals surface area contributed by atoms with E-state index in [0.29, 0.717) is 13.0 Å². The van der Waals surface area contributed by atoms with Gasteiger partial charge in [0, 0.05) is 19.5 Å². The molecule has 0 unspecified atom stereocenters. The van der Waals surface area contributed by atoms with Gasteiger partial charge in [0.2, 0.25) is 5.91 Å². The van der Waals surface area contributed by atoms with Gasteiger partial charge >= 0.3 is 5.69 Å². The third-order valence-corrected chi connectivity index (χ3v) is 5.18. The second-order valence-corrected chi connectivity index (χ2v) is 6.82. The highest BCUT2D eigenvalue weighted by Crippen LogP contribution is 2.31. The minimum absolute atomic E-state index is 0.000286. The van der Waals surface area contributed by atoms with Gasteiger partial charge < -0.3 is 14.3 Å². The van der Waals surface area contributed by atoms with Crippen LogP contribution >= 0.6 is 0 Å². The minimum atomic E-state index is -0.169. The van der Waals surface area contributed by atoms with Gasteiger partial charge in [-0.2, -0.15) is 0 Å². The normalized spacial score (nSPS) is 18.2. The number of para-hydroxylation sites is 2. The average Bonchev–Trinajstić information content (AvgIpc) is 3.21. The Morgan fingerprint density at radius 1 is 1.15 bits per heavy atom. The monoisotopic (exact) mass is 353 g/mol. The van der Waals surface area contributed by atoms with Crippen LogP contribution in [0.4, 0.5) is 0 Å². The van der Waals surface area contributed by atoms with E-state index in [2.05, 4.69) is 4.98 Å². The van der Waals surface area contributed by atoms with Gasteiger partial charge in [-0.1, -0.05) is 25.0 Å². The Bertz CT molecular complexity index is 939. The highest BCUT2D eigenvalue weighted by Gasteiger charge is 2.28. The fourth-order valence-corrected chi connectivity index (χ4v) is 3.86. The van der Waals surface area contributed by atoms with Gasteiger partial charge in [0.05, 0.1) is 23.3 Å². The number of furan rings is 1. The van der Waals surface area contributed by atoms with Crippen LogP contribution in [0.5, 0.6) is 0 Å². The van der Waals surface area contributed by atoms with Gasteiger partial charge in [0.1, 0.15) is 5.76 Å². The van der Waals surface area contributed by atoms with Crippen molar-refractivity contribution in [1.82, 2.24) is 14.5 Å². The van der Waals surface area contributed by atoms with Crippen LogP contribution in [0.2, 0.25) is 0 Å². The van der Waals surface area contributed by atoms with Crippen LogP contribution in [-0.4, -0.2) is 26.9 Å². The maximum atomic E-state index is 13.0. The first-order chi connectivity index (χ1) is 12.7. The van der Waals surface area contributed by atoms with Gasteiger partial charge in [0.15, 0.2) is 0 Å². The van der Waals surface area contributed by atoms with E-state index in [1.165, 1.54) is 0 Å². The van der Waals surface area contributed by atoms with Crippen LogP contribution in [0, 0.1) is 0 Å². The van der Waals surface area contributed by atoms with Crippen molar-refractivity contribution in [3.63, 3.8) is 0 Å². The topological polar surface area (TPSA) is 71.2 Å². The molecule has 0 radical (unpaired) electrons. The Balaban J connectivity index is 1.52. The van der Waals surface area contributed by atoms with Crippen LogP contribution in [0.25, 0.3) is 11.0 Å². The predicted molar refractivity (Wildman–Crippen MR) is 98.8 cm³/mol. The lowest BCUT2D eigenvalue weighted by atomic mass is 10.1. The number of nitrogens with zero attached hydrogens (tertiary/aromatic N) is 2. The molecule has 1 aromatic carbocycles. The summed E-state index contributed by atoms with van der Waals surface area (Å²) in [6.45, 7) is 1.12. The van der Waals surface area contributed by atoms with Crippen molar-refractivity contribution in [3.05, 3.63) is 58.9 Å². The summed E-state index contributed by atoms with van der Waals surface area (Å²) in [6.07, 6.45) is 6.12. The second-order valence-electron chi connectivity index (χ2n) is 6.82. The standard InChI is InChI=1S/C20H23N3O3/c24-19(11-13-23-16-8-4-3-7-15(16)21-20(23)25)22-12-5-1-2-9-17(22)18-10-6-14-26-18/h3-4,6-8,10,14,17H,1-2,5,9,11-13H2,(H,21,25)/t17-/m1/s1. The summed E-state index contributed by atoms with van der Waals surface area (Å²) in [7, 11) is 0. The zero-order chi connectivity index (χ0) is 17.9. The summed E-state index contributed by atoms with van der Waals surface area (Å²) in [5.41, 5.74) is 1.47. The zero-order valence-electron chi connectivity index (χ0n) is 14.7. The molecule has 1 N–H and O–H groups in total. The number of rotatable bonds is 4. The fourth-order valence-electron chi connectivity index (χ4n) is 3.86. The minimum Gasteiger partial charge on any atom is -0.467 e. The number of nitrogens with one attached hydrogen (secondary N) is 1. The van der Waals surface area contributed by atoms with Crippen LogP contribution < -0.4 is 5.69 Å². The van der Waals surface area contributed by atoms with Crippen LogP contribution in [-0.2, 0) is 11.3 Å². The third kappa shape index (κ3) is 3.19. The second kappa shape index (κ2) is 7.23. The van der Waals surface area contributed by atoms with Crippen molar-refractivity contribution in [2.45, 2.75) is 44.7 Å². The first-order valence-electron chi connectivity index (χ1n) is 9.24. The maximum Gasteiger partial charge on any atom is 0.326 e. The van der Waals surface area contributed by atoms with Crippen molar-refractivity contribution in [2.24, 2.45) is 0 Å². The van der Waals surface area contributed by atoms with Crippen molar-refractivity contribution < 1.29 is 9.21 Å². The molecule has 3 heterocycles. The number of imidazole rings is 1. The molecule has 2 aromatic heterocycles. The predicted octanol–water partition coefficient (Wildman–Crippen LogP) is 3.46. The van der Waals surface area contributed by atoms with E-state index in [4.69, 9.17) is 4.42 Å². The van der Waals surface area contributed by atoms with Crippen LogP contribution in [0.3, 0.4) is 0 Å². The number of amides is 1. The van der Waals surface area contributed by atoms with Crippen molar-refractivity contribution in [1.29, 1.82) is 0 Å². The summed E-state index contributed by atoms with van der Waals surface area (Å²) >= 11 is 0. The number of aryl methyl sites for hydroxylation is 1. The molecule has 6 heteroatoms. The third-order valence-electron chi connectivity index (χ3n) is 5.18. The van der Waals surface area contributed by atoms with E-state index in [0.717, 1.165) is 49.0 Å². The van der Waals surface area contributed by atoms with E-state index in [-0.39, 0.29) is 17.6 Å². The molecule has 0 aliphatic carbocycles. The molecular formula is C20H23N3O3. The van der Waals surface area contributed by atoms with E-state index in [9.17, 15) is 9.59 Å². The Hall–Kier alpha value is -2.76. The number of H-pyrrole nitrogens is 1. The molecule has 0 spiro atoms.